The van der Waals surface area contributed by atoms with E-state index < -0.39 is 0 Å². The summed E-state index contributed by atoms with van der Waals surface area (Å²) < 4.78 is 0. The fraction of sp³-hybridized carbons (Fsp3) is 1.00. The second kappa shape index (κ2) is 3.52. The highest BCUT2D eigenvalue weighted by atomic mass is 15.2. The van der Waals surface area contributed by atoms with Gasteiger partial charge in [0, 0.05) is 18.6 Å². The zero-order chi connectivity index (χ0) is 8.32. The molecule has 4 N–H and O–H groups in total. The third-order valence-electron chi connectivity index (χ3n) is 2.96. The molecule has 1 heterocycles. The van der Waals surface area contributed by atoms with Gasteiger partial charge in [-0.2, -0.15) is 0 Å². The maximum absolute atomic E-state index is 5.72. The molecule has 1 aliphatic heterocycles. The van der Waals surface area contributed by atoms with Crippen molar-refractivity contribution in [2.75, 3.05) is 26.7 Å². The molecule has 0 amide bonds. The van der Waals surface area contributed by atoms with Crippen molar-refractivity contribution in [3.8, 4) is 0 Å². The van der Waals surface area contributed by atoms with Crippen molar-refractivity contribution >= 4 is 0 Å². The van der Waals surface area contributed by atoms with Gasteiger partial charge < -0.3 is 11.5 Å². The predicted octanol–water partition coefficient (Wildman–Crippen LogP) is -0.242. The zero-order valence-corrected chi connectivity index (χ0v) is 7.34. The quantitative estimate of drug-likeness (QED) is 0.581. The van der Waals surface area contributed by atoms with Crippen LogP contribution in [0.4, 0.5) is 0 Å². The molecule has 0 unspecified atom stereocenters. The molecule has 11 heavy (non-hydrogen) atoms. The number of likely N-dealkylation sites (tertiary alicyclic amines) is 1. The average Bonchev–Trinajstić information content (AvgIpc) is 2.06. The molecule has 1 aliphatic rings. The molecule has 66 valence electrons. The van der Waals surface area contributed by atoms with Crippen LogP contribution in [0.25, 0.3) is 0 Å². The predicted molar refractivity (Wildman–Crippen MR) is 47.3 cm³/mol. The van der Waals surface area contributed by atoms with Crippen LogP contribution in [-0.4, -0.2) is 37.1 Å². The smallest absolute Gasteiger partial charge is 0.0450 e. The van der Waals surface area contributed by atoms with Crippen LogP contribution >= 0.6 is 0 Å². The van der Waals surface area contributed by atoms with Crippen LogP contribution < -0.4 is 11.5 Å². The minimum absolute atomic E-state index is 0.109. The molecule has 0 aromatic carbocycles. The van der Waals surface area contributed by atoms with Gasteiger partial charge in [-0.3, -0.25) is 4.90 Å². The van der Waals surface area contributed by atoms with Gasteiger partial charge in [0.25, 0.3) is 0 Å². The molecule has 0 aliphatic carbocycles. The van der Waals surface area contributed by atoms with Gasteiger partial charge in [0.15, 0.2) is 0 Å². The number of hydrogen-bond acceptors (Lipinski definition) is 3. The molecular formula is C8H19N3. The van der Waals surface area contributed by atoms with Gasteiger partial charge in [0.2, 0.25) is 0 Å². The number of rotatable bonds is 2. The summed E-state index contributed by atoms with van der Waals surface area (Å²) >= 11 is 0. The first-order valence-corrected chi connectivity index (χ1v) is 4.36. The molecule has 0 bridgehead atoms. The van der Waals surface area contributed by atoms with Crippen LogP contribution in [-0.2, 0) is 0 Å². The maximum atomic E-state index is 5.72. The third kappa shape index (κ3) is 1.55. The first-order valence-electron chi connectivity index (χ1n) is 4.36. The summed E-state index contributed by atoms with van der Waals surface area (Å²) in [5.74, 6) is 0. The minimum atomic E-state index is 0.109. The summed E-state index contributed by atoms with van der Waals surface area (Å²) in [5, 5.41) is 0. The SMILES string of the molecule is CN1CCCCC1(CN)CN. The first-order chi connectivity index (χ1) is 5.25. The molecule has 1 fully saturated rings. The monoisotopic (exact) mass is 157 g/mol. The Morgan fingerprint density at radius 2 is 1.91 bits per heavy atom. The average molecular weight is 157 g/mol. The molecule has 0 saturated carbocycles. The molecule has 1 rings (SSSR count). The Labute approximate surface area is 68.7 Å². The summed E-state index contributed by atoms with van der Waals surface area (Å²) in [6.45, 7) is 2.54. The minimum Gasteiger partial charge on any atom is -0.329 e. The number of nitrogens with two attached hydrogens (primary N) is 2. The van der Waals surface area contributed by atoms with Gasteiger partial charge in [0.05, 0.1) is 0 Å². The third-order valence-corrected chi connectivity index (χ3v) is 2.96. The number of piperidine rings is 1. The number of likely N-dealkylation sites (N-methyl/N-ethyl adjacent to an activating group) is 1. The van der Waals surface area contributed by atoms with E-state index >= 15 is 0 Å². The van der Waals surface area contributed by atoms with Crippen LogP contribution in [0, 0.1) is 0 Å². The molecule has 0 aromatic heterocycles. The van der Waals surface area contributed by atoms with Crippen LogP contribution in [0.2, 0.25) is 0 Å². The molecule has 3 heteroatoms. The van der Waals surface area contributed by atoms with Crippen LogP contribution in [0.3, 0.4) is 0 Å². The van der Waals surface area contributed by atoms with E-state index in [-0.39, 0.29) is 5.54 Å². The lowest BCUT2D eigenvalue weighted by atomic mass is 9.87. The highest BCUT2D eigenvalue weighted by Crippen LogP contribution is 2.24. The Bertz CT molecular complexity index is 121. The van der Waals surface area contributed by atoms with Crippen molar-refractivity contribution < 1.29 is 0 Å². The fourth-order valence-electron chi connectivity index (χ4n) is 1.83. The van der Waals surface area contributed by atoms with Gasteiger partial charge in [-0.1, -0.05) is 6.42 Å². The van der Waals surface area contributed by atoms with Gasteiger partial charge in [0.1, 0.15) is 0 Å². The summed E-state index contributed by atoms with van der Waals surface area (Å²) in [5.41, 5.74) is 11.5. The Balaban J connectivity index is 2.61. The zero-order valence-electron chi connectivity index (χ0n) is 7.34. The van der Waals surface area contributed by atoms with Crippen molar-refractivity contribution in [1.29, 1.82) is 0 Å². The van der Waals surface area contributed by atoms with E-state index in [4.69, 9.17) is 11.5 Å². The Kier molecular flexibility index (Phi) is 2.87. The topological polar surface area (TPSA) is 55.3 Å². The highest BCUT2D eigenvalue weighted by Gasteiger charge is 2.33. The van der Waals surface area contributed by atoms with E-state index in [1.165, 1.54) is 12.8 Å². The summed E-state index contributed by atoms with van der Waals surface area (Å²) in [4.78, 5) is 2.32. The number of hydrogen-bond donors (Lipinski definition) is 2. The van der Waals surface area contributed by atoms with Crippen molar-refractivity contribution in [1.82, 2.24) is 4.90 Å². The van der Waals surface area contributed by atoms with Gasteiger partial charge in [-0.15, -0.1) is 0 Å². The van der Waals surface area contributed by atoms with Gasteiger partial charge in [-0.25, -0.2) is 0 Å². The summed E-state index contributed by atoms with van der Waals surface area (Å²) in [6.07, 6.45) is 3.73. The normalized spacial score (nSPS) is 25.4. The maximum Gasteiger partial charge on any atom is 0.0450 e. The Morgan fingerprint density at radius 1 is 1.27 bits per heavy atom. The lowest BCUT2D eigenvalue weighted by Crippen LogP contribution is -2.59. The standard InChI is InChI=1S/C8H19N3/c1-11-5-3-2-4-8(11,6-9)7-10/h2-7,9-10H2,1H3. The molecule has 1 saturated heterocycles. The van der Waals surface area contributed by atoms with E-state index in [2.05, 4.69) is 11.9 Å². The van der Waals surface area contributed by atoms with E-state index in [0.29, 0.717) is 13.1 Å². The molecule has 0 aromatic rings. The van der Waals surface area contributed by atoms with Gasteiger partial charge in [-0.05, 0) is 26.4 Å². The molecule has 0 spiro atoms. The lowest BCUT2D eigenvalue weighted by Gasteiger charge is -2.43. The van der Waals surface area contributed by atoms with Gasteiger partial charge >= 0.3 is 0 Å². The fourth-order valence-corrected chi connectivity index (χ4v) is 1.83. The van der Waals surface area contributed by atoms with E-state index in [1.807, 2.05) is 0 Å². The summed E-state index contributed by atoms with van der Waals surface area (Å²) in [7, 11) is 2.12. The molecule has 3 nitrogen and oxygen atoms in total. The molecular weight excluding hydrogens is 138 g/mol. The van der Waals surface area contributed by atoms with Crippen LogP contribution in [0.15, 0.2) is 0 Å². The second-order valence-electron chi connectivity index (χ2n) is 3.51. The van der Waals surface area contributed by atoms with Crippen LogP contribution in [0.5, 0.6) is 0 Å². The largest absolute Gasteiger partial charge is 0.329 e. The van der Waals surface area contributed by atoms with Crippen LogP contribution in [0.1, 0.15) is 19.3 Å². The summed E-state index contributed by atoms with van der Waals surface area (Å²) in [6, 6.07) is 0. The highest BCUT2D eigenvalue weighted by molar-refractivity contribution is 4.93. The van der Waals surface area contributed by atoms with E-state index in [0.717, 1.165) is 13.0 Å². The lowest BCUT2D eigenvalue weighted by molar-refractivity contribution is 0.0880. The van der Waals surface area contributed by atoms with Crippen molar-refractivity contribution in [3.05, 3.63) is 0 Å². The molecule has 0 atom stereocenters. The Morgan fingerprint density at radius 3 is 2.27 bits per heavy atom. The van der Waals surface area contributed by atoms with Crippen molar-refractivity contribution in [2.24, 2.45) is 11.5 Å². The number of nitrogens with zero attached hydrogens (tertiary/aromatic N) is 1. The van der Waals surface area contributed by atoms with Crippen molar-refractivity contribution in [2.45, 2.75) is 24.8 Å². The molecule has 0 radical (unpaired) electrons. The van der Waals surface area contributed by atoms with Crippen molar-refractivity contribution in [3.63, 3.8) is 0 Å². The van der Waals surface area contributed by atoms with E-state index in [1.54, 1.807) is 0 Å². The van der Waals surface area contributed by atoms with E-state index in [9.17, 15) is 0 Å². The Hall–Kier alpha value is -0.120. The second-order valence-corrected chi connectivity index (χ2v) is 3.51. The first kappa shape index (κ1) is 8.97.